The van der Waals surface area contributed by atoms with Crippen molar-refractivity contribution in [2.24, 2.45) is 10.7 Å². The van der Waals surface area contributed by atoms with Gasteiger partial charge in [0.1, 0.15) is 17.7 Å². The van der Waals surface area contributed by atoms with Crippen molar-refractivity contribution >= 4 is 16.9 Å². The van der Waals surface area contributed by atoms with Gasteiger partial charge < -0.3 is 15.2 Å². The van der Waals surface area contributed by atoms with Crippen LogP contribution >= 0.6 is 11.8 Å². The van der Waals surface area contributed by atoms with Crippen LogP contribution < -0.4 is 10.5 Å². The van der Waals surface area contributed by atoms with E-state index in [1.807, 2.05) is 0 Å². The van der Waals surface area contributed by atoms with E-state index in [0.29, 0.717) is 42.0 Å². The van der Waals surface area contributed by atoms with Gasteiger partial charge in [0.2, 0.25) is 5.88 Å². The van der Waals surface area contributed by atoms with Gasteiger partial charge in [-0.3, -0.25) is 4.99 Å². The molecule has 1 saturated carbocycles. The summed E-state index contributed by atoms with van der Waals surface area (Å²) >= 11 is 1.12. The minimum atomic E-state index is -0.354. The van der Waals surface area contributed by atoms with Crippen LogP contribution in [0, 0.1) is 11.6 Å². The number of rotatable bonds is 5. The highest BCUT2D eigenvalue weighted by atomic mass is 32.2. The number of hydrogen-bond donors (Lipinski definition) is 1. The standard InChI is InChI=1S/C21H23F2N3O2S/c22-14-9-17(13-5-7-27-8-6-13)20(25-12-14)28-16-10-15(11-16)26-21(24)29-19-4-2-1-3-18(19)23/h1-4,9,12-13,15-16H,5-8,10-11H2,(H2,24,26). The lowest BCUT2D eigenvalue weighted by Gasteiger charge is -2.34. The molecule has 1 saturated heterocycles. The van der Waals surface area contributed by atoms with Crippen LogP contribution in [0.15, 0.2) is 46.4 Å². The second kappa shape index (κ2) is 9.09. The zero-order valence-corrected chi connectivity index (χ0v) is 16.7. The first-order valence-corrected chi connectivity index (χ1v) is 10.6. The second-order valence-electron chi connectivity index (χ2n) is 7.30. The third-order valence-corrected chi connectivity index (χ3v) is 6.08. The maximum absolute atomic E-state index is 13.7. The smallest absolute Gasteiger partial charge is 0.217 e. The summed E-state index contributed by atoms with van der Waals surface area (Å²) in [5.41, 5.74) is 6.78. The van der Waals surface area contributed by atoms with E-state index in [9.17, 15) is 8.78 Å². The van der Waals surface area contributed by atoms with Gasteiger partial charge in [0.15, 0.2) is 5.17 Å². The van der Waals surface area contributed by atoms with Crippen molar-refractivity contribution in [3.05, 3.63) is 53.7 Å². The molecule has 2 N–H and O–H groups in total. The van der Waals surface area contributed by atoms with Crippen LogP contribution in [0.5, 0.6) is 5.88 Å². The molecule has 8 heteroatoms. The van der Waals surface area contributed by atoms with Crippen molar-refractivity contribution in [1.82, 2.24) is 4.98 Å². The van der Waals surface area contributed by atoms with E-state index in [4.69, 9.17) is 15.2 Å². The van der Waals surface area contributed by atoms with E-state index in [0.717, 1.165) is 30.2 Å². The molecule has 4 rings (SSSR count). The number of hydrogen-bond acceptors (Lipinski definition) is 5. The van der Waals surface area contributed by atoms with Crippen LogP contribution in [0.3, 0.4) is 0 Å². The zero-order chi connectivity index (χ0) is 20.2. The molecule has 0 radical (unpaired) electrons. The number of ether oxygens (including phenoxy) is 2. The van der Waals surface area contributed by atoms with Gasteiger partial charge in [-0.05, 0) is 48.7 Å². The number of thioether (sulfide) groups is 1. The molecule has 154 valence electrons. The van der Waals surface area contributed by atoms with Crippen LogP contribution in [-0.2, 0) is 4.74 Å². The third kappa shape index (κ3) is 5.05. The molecule has 1 aliphatic heterocycles. The molecule has 0 bridgehead atoms. The highest BCUT2D eigenvalue weighted by molar-refractivity contribution is 8.13. The Bertz CT molecular complexity index is 884. The van der Waals surface area contributed by atoms with E-state index in [-0.39, 0.29) is 29.7 Å². The Morgan fingerprint density at radius 2 is 1.97 bits per heavy atom. The lowest BCUT2D eigenvalue weighted by molar-refractivity contribution is 0.0779. The number of halogens is 2. The van der Waals surface area contributed by atoms with E-state index >= 15 is 0 Å². The van der Waals surface area contributed by atoms with Gasteiger partial charge in [-0.15, -0.1) is 0 Å². The summed E-state index contributed by atoms with van der Waals surface area (Å²) < 4.78 is 38.9. The molecule has 0 spiro atoms. The summed E-state index contributed by atoms with van der Waals surface area (Å²) in [6.07, 6.45) is 4.23. The van der Waals surface area contributed by atoms with Crippen LogP contribution in [0.2, 0.25) is 0 Å². The molecule has 0 unspecified atom stereocenters. The van der Waals surface area contributed by atoms with Crippen molar-refractivity contribution in [1.29, 1.82) is 0 Å². The summed E-state index contributed by atoms with van der Waals surface area (Å²) in [5, 5.41) is 0.335. The van der Waals surface area contributed by atoms with E-state index in [2.05, 4.69) is 9.98 Å². The van der Waals surface area contributed by atoms with Crippen LogP contribution in [0.25, 0.3) is 0 Å². The fraction of sp³-hybridized carbons (Fsp3) is 0.429. The van der Waals surface area contributed by atoms with Crippen molar-refractivity contribution in [2.75, 3.05) is 13.2 Å². The maximum Gasteiger partial charge on any atom is 0.217 e. The number of benzene rings is 1. The van der Waals surface area contributed by atoms with Crippen LogP contribution in [0.1, 0.15) is 37.2 Å². The monoisotopic (exact) mass is 419 g/mol. The van der Waals surface area contributed by atoms with Crippen LogP contribution in [-0.4, -0.2) is 35.5 Å². The molecular weight excluding hydrogens is 396 g/mol. The molecular formula is C21H23F2N3O2S. The minimum absolute atomic E-state index is 0.0336. The van der Waals surface area contributed by atoms with Gasteiger partial charge in [-0.2, -0.15) is 0 Å². The largest absolute Gasteiger partial charge is 0.474 e. The topological polar surface area (TPSA) is 69.7 Å². The molecule has 0 amide bonds. The van der Waals surface area contributed by atoms with E-state index in [1.54, 1.807) is 18.2 Å². The van der Waals surface area contributed by atoms with Crippen molar-refractivity contribution in [2.45, 2.75) is 48.6 Å². The van der Waals surface area contributed by atoms with Crippen LogP contribution in [0.4, 0.5) is 8.78 Å². The first-order valence-electron chi connectivity index (χ1n) is 9.74. The third-order valence-electron chi connectivity index (χ3n) is 5.22. The number of nitrogens with two attached hydrogens (primary N) is 1. The van der Waals surface area contributed by atoms with Gasteiger partial charge in [0.25, 0.3) is 0 Å². The number of aromatic nitrogens is 1. The molecule has 2 aliphatic rings. The van der Waals surface area contributed by atoms with Crippen molar-refractivity contribution in [3.63, 3.8) is 0 Å². The quantitative estimate of drug-likeness (QED) is 0.445. The van der Waals surface area contributed by atoms with Gasteiger partial charge in [-0.25, -0.2) is 13.8 Å². The second-order valence-corrected chi connectivity index (χ2v) is 8.36. The Balaban J connectivity index is 1.34. The van der Waals surface area contributed by atoms with Gasteiger partial charge >= 0.3 is 0 Å². The molecule has 29 heavy (non-hydrogen) atoms. The fourth-order valence-corrected chi connectivity index (χ4v) is 4.33. The minimum Gasteiger partial charge on any atom is -0.474 e. The summed E-state index contributed by atoms with van der Waals surface area (Å²) in [4.78, 5) is 9.09. The SMILES string of the molecule is NC(=NC1CC(Oc2ncc(F)cc2C2CCOCC2)C1)Sc1ccccc1F. The molecule has 1 aliphatic carbocycles. The van der Waals surface area contributed by atoms with Gasteiger partial charge in [0.05, 0.1) is 17.1 Å². The molecule has 1 aromatic heterocycles. The molecule has 5 nitrogen and oxygen atoms in total. The Morgan fingerprint density at radius 3 is 2.72 bits per heavy atom. The Hall–Kier alpha value is -2.19. The number of aliphatic imine (C=N–C) groups is 1. The zero-order valence-electron chi connectivity index (χ0n) is 15.9. The average molecular weight is 419 g/mol. The number of pyridine rings is 1. The maximum atomic E-state index is 13.7. The number of nitrogens with zero attached hydrogens (tertiary/aromatic N) is 2. The predicted octanol–water partition coefficient (Wildman–Crippen LogP) is 4.27. The van der Waals surface area contributed by atoms with E-state index in [1.165, 1.54) is 18.3 Å². The summed E-state index contributed by atoms with van der Waals surface area (Å²) in [5.74, 6) is 0.0319. The Labute approximate surface area is 172 Å². The van der Waals surface area contributed by atoms with Gasteiger partial charge in [-0.1, -0.05) is 12.1 Å². The number of amidine groups is 1. The highest BCUT2D eigenvalue weighted by Gasteiger charge is 2.33. The Morgan fingerprint density at radius 1 is 1.21 bits per heavy atom. The predicted molar refractivity (Wildman–Crippen MR) is 108 cm³/mol. The highest BCUT2D eigenvalue weighted by Crippen LogP contribution is 2.36. The summed E-state index contributed by atoms with van der Waals surface area (Å²) in [6, 6.07) is 8.03. The normalized spacial score (nSPS) is 22.9. The van der Waals surface area contributed by atoms with Crippen molar-refractivity contribution in [3.8, 4) is 5.88 Å². The average Bonchev–Trinajstić information content (AvgIpc) is 2.70. The molecule has 0 atom stereocenters. The van der Waals surface area contributed by atoms with E-state index < -0.39 is 0 Å². The van der Waals surface area contributed by atoms with Crippen molar-refractivity contribution < 1.29 is 18.3 Å². The lowest BCUT2D eigenvalue weighted by atomic mass is 9.89. The first-order chi connectivity index (χ1) is 14.1. The molecule has 2 aromatic rings. The summed E-state index contributed by atoms with van der Waals surface area (Å²) in [7, 11) is 0. The molecule has 2 fully saturated rings. The first kappa shape index (κ1) is 20.1. The lowest BCUT2D eigenvalue weighted by Crippen LogP contribution is -2.38. The summed E-state index contributed by atoms with van der Waals surface area (Å²) in [6.45, 7) is 1.33. The molecule has 2 heterocycles. The van der Waals surface area contributed by atoms with Gasteiger partial charge in [0, 0.05) is 31.6 Å². The molecule has 1 aromatic carbocycles. The fourth-order valence-electron chi connectivity index (χ4n) is 3.59. The Kier molecular flexibility index (Phi) is 6.30.